The summed E-state index contributed by atoms with van der Waals surface area (Å²) < 4.78 is 5.22. The van der Waals surface area contributed by atoms with Gasteiger partial charge in [0.2, 0.25) is 0 Å². The van der Waals surface area contributed by atoms with Gasteiger partial charge in [-0.25, -0.2) is 4.79 Å². The number of carboxylic acids is 1. The number of carbonyl (C=O) groups is 2. The number of nitrogens with one attached hydrogen (secondary N) is 1. The lowest BCUT2D eigenvalue weighted by Gasteiger charge is -2.24. The molecule has 0 radical (unpaired) electrons. The summed E-state index contributed by atoms with van der Waals surface area (Å²) in [6.07, 6.45) is 3.39. The maximum absolute atomic E-state index is 12.1. The number of aliphatic carboxylic acids is 1. The molecule has 2 aliphatic rings. The molecule has 6 nitrogen and oxygen atoms in total. The molecule has 0 aromatic carbocycles. The average molecular weight is 284 g/mol. The lowest BCUT2D eigenvalue weighted by Crippen LogP contribution is -2.44. The number of fused-ring (bicyclic) bond motifs is 1. The van der Waals surface area contributed by atoms with Crippen molar-refractivity contribution in [3.63, 3.8) is 0 Å². The first-order chi connectivity index (χ1) is 9.53. The van der Waals surface area contributed by atoms with Gasteiger partial charge < -0.3 is 20.1 Å². The van der Waals surface area contributed by atoms with Crippen molar-refractivity contribution >= 4 is 12.0 Å². The number of hydrogen-bond donors (Lipinski definition) is 2. The predicted molar refractivity (Wildman–Crippen MR) is 73.5 cm³/mol. The zero-order chi connectivity index (χ0) is 14.8. The van der Waals surface area contributed by atoms with E-state index in [4.69, 9.17) is 4.74 Å². The van der Waals surface area contributed by atoms with E-state index in [-0.39, 0.29) is 18.1 Å². The van der Waals surface area contributed by atoms with Crippen molar-refractivity contribution < 1.29 is 19.4 Å². The summed E-state index contributed by atoms with van der Waals surface area (Å²) in [5.74, 6) is -0.645. The molecule has 1 unspecified atom stereocenters. The maximum atomic E-state index is 12.1. The van der Waals surface area contributed by atoms with Crippen molar-refractivity contribution in [3.05, 3.63) is 0 Å². The third-order valence-corrected chi connectivity index (χ3v) is 4.85. The van der Waals surface area contributed by atoms with E-state index >= 15 is 0 Å². The second-order valence-corrected chi connectivity index (χ2v) is 5.88. The van der Waals surface area contributed by atoms with Crippen LogP contribution in [-0.2, 0) is 9.53 Å². The van der Waals surface area contributed by atoms with Crippen LogP contribution in [0.3, 0.4) is 0 Å². The number of likely N-dealkylation sites (tertiary alicyclic amines) is 1. The number of ether oxygens (including phenoxy) is 1. The van der Waals surface area contributed by atoms with Crippen molar-refractivity contribution in [2.24, 2.45) is 11.3 Å². The number of carboxylic acid groups (broad SMARTS) is 1. The van der Waals surface area contributed by atoms with E-state index in [0.717, 1.165) is 19.3 Å². The zero-order valence-electron chi connectivity index (χ0n) is 12.2. The van der Waals surface area contributed by atoms with Crippen LogP contribution in [0.5, 0.6) is 0 Å². The fourth-order valence-electron chi connectivity index (χ4n) is 3.50. The summed E-state index contributed by atoms with van der Waals surface area (Å²) in [5.41, 5.74) is -0.706. The molecule has 0 bridgehead atoms. The second kappa shape index (κ2) is 5.99. The van der Waals surface area contributed by atoms with Crippen LogP contribution >= 0.6 is 0 Å². The molecular formula is C14H24N2O4. The number of hydrogen-bond acceptors (Lipinski definition) is 3. The molecule has 20 heavy (non-hydrogen) atoms. The van der Waals surface area contributed by atoms with Crippen LogP contribution in [-0.4, -0.2) is 54.9 Å². The van der Waals surface area contributed by atoms with Crippen molar-refractivity contribution in [1.29, 1.82) is 0 Å². The summed E-state index contributed by atoms with van der Waals surface area (Å²) in [4.78, 5) is 25.4. The number of nitrogens with zero attached hydrogens (tertiary/aromatic N) is 1. The van der Waals surface area contributed by atoms with E-state index in [1.165, 1.54) is 0 Å². The fourth-order valence-corrected chi connectivity index (χ4v) is 3.50. The molecule has 2 fully saturated rings. The van der Waals surface area contributed by atoms with Crippen molar-refractivity contribution in [2.75, 3.05) is 26.7 Å². The van der Waals surface area contributed by atoms with E-state index in [0.29, 0.717) is 26.1 Å². The molecule has 0 aromatic rings. The third-order valence-electron chi connectivity index (χ3n) is 4.85. The molecule has 1 aliphatic carbocycles. The Bertz CT molecular complexity index is 383. The van der Waals surface area contributed by atoms with Gasteiger partial charge in [0, 0.05) is 26.7 Å². The Balaban J connectivity index is 1.92. The van der Waals surface area contributed by atoms with E-state index in [2.05, 4.69) is 5.32 Å². The SMILES string of the molecule is CCC(CNC(=O)N1C[C@@H]2CCC[C@@]2(C(=O)O)C1)OC. The van der Waals surface area contributed by atoms with Crippen LogP contribution in [0.4, 0.5) is 4.79 Å². The quantitative estimate of drug-likeness (QED) is 0.798. The summed E-state index contributed by atoms with van der Waals surface area (Å²) in [6, 6.07) is -0.171. The molecule has 1 heterocycles. The molecule has 1 saturated carbocycles. The lowest BCUT2D eigenvalue weighted by atomic mass is 9.81. The van der Waals surface area contributed by atoms with E-state index < -0.39 is 11.4 Å². The van der Waals surface area contributed by atoms with Gasteiger partial charge in [-0.3, -0.25) is 4.79 Å². The van der Waals surface area contributed by atoms with Gasteiger partial charge in [-0.05, 0) is 25.2 Å². The molecule has 0 spiro atoms. The number of amides is 2. The van der Waals surface area contributed by atoms with Gasteiger partial charge in [0.25, 0.3) is 0 Å². The second-order valence-electron chi connectivity index (χ2n) is 5.88. The van der Waals surface area contributed by atoms with Crippen molar-refractivity contribution in [3.8, 4) is 0 Å². The Morgan fingerprint density at radius 3 is 2.85 bits per heavy atom. The normalized spacial score (nSPS) is 30.1. The smallest absolute Gasteiger partial charge is 0.317 e. The highest BCUT2D eigenvalue weighted by Gasteiger charge is 2.55. The van der Waals surface area contributed by atoms with E-state index in [1.807, 2.05) is 6.92 Å². The third kappa shape index (κ3) is 2.61. The van der Waals surface area contributed by atoms with Crippen molar-refractivity contribution in [2.45, 2.75) is 38.7 Å². The topological polar surface area (TPSA) is 78.9 Å². The highest BCUT2D eigenvalue weighted by Crippen LogP contribution is 2.48. The standard InChI is InChI=1S/C14H24N2O4/c1-3-11(20-2)7-15-13(19)16-8-10-5-4-6-14(10,9-16)12(17)18/h10-11H,3-9H2,1-2H3,(H,15,19)(H,17,18)/t10-,11?,14+/m0/s1. The monoisotopic (exact) mass is 284 g/mol. The zero-order valence-corrected chi connectivity index (χ0v) is 12.2. The average Bonchev–Trinajstić information content (AvgIpc) is 2.97. The van der Waals surface area contributed by atoms with Gasteiger partial charge >= 0.3 is 12.0 Å². The molecule has 114 valence electrons. The first-order valence-electron chi connectivity index (χ1n) is 7.32. The van der Waals surface area contributed by atoms with Crippen LogP contribution in [0.15, 0.2) is 0 Å². The Kier molecular flexibility index (Phi) is 4.52. The first kappa shape index (κ1) is 15.1. The molecule has 0 aromatic heterocycles. The van der Waals surface area contributed by atoms with Gasteiger partial charge in [-0.15, -0.1) is 0 Å². The molecule has 3 atom stereocenters. The molecule has 6 heteroatoms. The van der Waals surface area contributed by atoms with Crippen LogP contribution < -0.4 is 5.32 Å². The number of urea groups is 1. The molecular weight excluding hydrogens is 260 g/mol. The Labute approximate surface area is 119 Å². The minimum atomic E-state index is -0.751. The highest BCUT2D eigenvalue weighted by atomic mass is 16.5. The van der Waals surface area contributed by atoms with Gasteiger partial charge in [0.05, 0.1) is 11.5 Å². The predicted octanol–water partition coefficient (Wildman–Crippen LogP) is 1.31. The molecule has 2 N–H and O–H groups in total. The molecule has 1 saturated heterocycles. The first-order valence-corrected chi connectivity index (χ1v) is 7.32. The molecule has 2 rings (SSSR count). The van der Waals surface area contributed by atoms with Gasteiger partial charge in [0.15, 0.2) is 0 Å². The Morgan fingerprint density at radius 2 is 2.30 bits per heavy atom. The minimum absolute atomic E-state index is 0.00878. The van der Waals surface area contributed by atoms with Crippen LogP contribution in [0.25, 0.3) is 0 Å². The van der Waals surface area contributed by atoms with Crippen LogP contribution in [0.1, 0.15) is 32.6 Å². The van der Waals surface area contributed by atoms with Gasteiger partial charge in [-0.1, -0.05) is 13.3 Å². The summed E-state index contributed by atoms with van der Waals surface area (Å²) in [7, 11) is 1.62. The van der Waals surface area contributed by atoms with E-state index in [9.17, 15) is 14.7 Å². The maximum Gasteiger partial charge on any atom is 0.317 e. The number of carbonyl (C=O) groups excluding carboxylic acids is 1. The van der Waals surface area contributed by atoms with Crippen LogP contribution in [0, 0.1) is 11.3 Å². The summed E-state index contributed by atoms with van der Waals surface area (Å²) >= 11 is 0. The number of methoxy groups -OCH3 is 1. The fraction of sp³-hybridized carbons (Fsp3) is 0.857. The summed E-state index contributed by atoms with van der Waals surface area (Å²) in [6.45, 7) is 3.36. The van der Waals surface area contributed by atoms with Crippen molar-refractivity contribution in [1.82, 2.24) is 10.2 Å². The highest BCUT2D eigenvalue weighted by molar-refractivity contribution is 5.80. The molecule has 2 amide bonds. The largest absolute Gasteiger partial charge is 0.481 e. The minimum Gasteiger partial charge on any atom is -0.481 e. The van der Waals surface area contributed by atoms with E-state index in [1.54, 1.807) is 12.0 Å². The van der Waals surface area contributed by atoms with Gasteiger partial charge in [-0.2, -0.15) is 0 Å². The Morgan fingerprint density at radius 1 is 1.55 bits per heavy atom. The number of rotatable bonds is 5. The molecule has 1 aliphatic heterocycles. The Hall–Kier alpha value is -1.30. The lowest BCUT2D eigenvalue weighted by molar-refractivity contribution is -0.149. The van der Waals surface area contributed by atoms with Crippen LogP contribution in [0.2, 0.25) is 0 Å². The summed E-state index contributed by atoms with van der Waals surface area (Å²) in [5, 5.41) is 12.3. The van der Waals surface area contributed by atoms with Gasteiger partial charge in [0.1, 0.15) is 0 Å².